The summed E-state index contributed by atoms with van der Waals surface area (Å²) in [4.78, 5) is 77.8. The highest BCUT2D eigenvalue weighted by Crippen LogP contribution is 2.20. The molecule has 6 atom stereocenters. The second kappa shape index (κ2) is 20.5. The molecule has 11 heteroatoms. The Morgan fingerprint density at radius 3 is 1.83 bits per heavy atom. The summed E-state index contributed by atoms with van der Waals surface area (Å²) in [7, 11) is 0. The summed E-state index contributed by atoms with van der Waals surface area (Å²) in [6.07, 6.45) is 2.11. The lowest BCUT2D eigenvalue weighted by molar-refractivity contribution is -0.144. The number of unbranched alkanes of at least 4 members (excludes halogenated alkanes) is 1. The molecule has 1 unspecified atom stereocenters. The third-order valence-electron chi connectivity index (χ3n) is 8.41. The number of amides is 3. The molecule has 0 aliphatic rings. The van der Waals surface area contributed by atoms with Crippen LogP contribution in [0.5, 0.6) is 0 Å². The molecular formula is C35H56N4O7. The standard InChI is InChI=1S/C35H56N4O7/c1-8-23(6)32(37-29(42)19-25-14-10-9-11-15-25)28(41)20-26(16-12-13-17-36)34(44)38-30(21(2)3)27(40)18-24(7)33(43)39-31(22(4)5)35(45)46/h9-11,14-15,21-24,26,30-32H,8,12-13,16-20,36H2,1-7H3,(H,37,42)(H,38,44)(H,39,43)(H,45,46)/t23?,24-,26-,30+,31+,32+/m1/s1. The van der Waals surface area contributed by atoms with E-state index >= 15 is 0 Å². The van der Waals surface area contributed by atoms with Crippen LogP contribution in [-0.2, 0) is 35.2 Å². The molecule has 3 amide bonds. The van der Waals surface area contributed by atoms with Crippen LogP contribution in [0.4, 0.5) is 0 Å². The molecule has 11 nitrogen and oxygen atoms in total. The van der Waals surface area contributed by atoms with Crippen molar-refractivity contribution in [3.8, 4) is 0 Å². The van der Waals surface area contributed by atoms with Gasteiger partial charge in [0.15, 0.2) is 11.6 Å². The van der Waals surface area contributed by atoms with Gasteiger partial charge in [-0.05, 0) is 42.7 Å². The average Bonchev–Trinajstić information content (AvgIpc) is 2.99. The molecule has 0 heterocycles. The molecule has 0 aliphatic heterocycles. The predicted molar refractivity (Wildman–Crippen MR) is 178 cm³/mol. The number of nitrogens with two attached hydrogens (primary N) is 1. The Morgan fingerprint density at radius 1 is 0.739 bits per heavy atom. The molecule has 0 saturated heterocycles. The highest BCUT2D eigenvalue weighted by atomic mass is 16.4. The Bertz CT molecular complexity index is 1150. The van der Waals surface area contributed by atoms with E-state index in [4.69, 9.17) is 5.73 Å². The first-order chi connectivity index (χ1) is 21.6. The molecule has 1 aromatic rings. The molecule has 1 aromatic carbocycles. The van der Waals surface area contributed by atoms with Crippen LogP contribution in [0.2, 0.25) is 0 Å². The van der Waals surface area contributed by atoms with Crippen molar-refractivity contribution in [2.75, 3.05) is 6.54 Å². The second-order valence-electron chi connectivity index (χ2n) is 13.1. The van der Waals surface area contributed by atoms with E-state index in [2.05, 4.69) is 16.0 Å². The summed E-state index contributed by atoms with van der Waals surface area (Å²) in [6.45, 7) is 12.7. The number of rotatable bonds is 22. The van der Waals surface area contributed by atoms with E-state index in [-0.39, 0.29) is 54.5 Å². The fourth-order valence-electron chi connectivity index (χ4n) is 5.23. The zero-order chi connectivity index (χ0) is 35.0. The summed E-state index contributed by atoms with van der Waals surface area (Å²) in [6, 6.07) is 6.47. The molecule has 0 aromatic heterocycles. The van der Waals surface area contributed by atoms with Gasteiger partial charge in [-0.15, -0.1) is 0 Å². The van der Waals surface area contributed by atoms with Gasteiger partial charge in [0, 0.05) is 24.7 Å². The first kappa shape index (κ1) is 40.4. The first-order valence-corrected chi connectivity index (χ1v) is 16.5. The smallest absolute Gasteiger partial charge is 0.326 e. The Morgan fingerprint density at radius 2 is 1.30 bits per heavy atom. The maximum atomic E-state index is 13.7. The Labute approximate surface area is 274 Å². The summed E-state index contributed by atoms with van der Waals surface area (Å²) in [5.74, 6) is -5.41. The highest BCUT2D eigenvalue weighted by Gasteiger charge is 2.34. The third kappa shape index (κ3) is 13.8. The number of carboxylic acid groups (broad SMARTS) is 1. The molecule has 0 fully saturated rings. The average molecular weight is 645 g/mol. The van der Waals surface area contributed by atoms with Gasteiger partial charge in [-0.2, -0.15) is 0 Å². The largest absolute Gasteiger partial charge is 0.480 e. The van der Waals surface area contributed by atoms with E-state index < -0.39 is 47.7 Å². The Kier molecular flexibility index (Phi) is 18.0. The minimum absolute atomic E-state index is 0.110. The van der Waals surface area contributed by atoms with Gasteiger partial charge < -0.3 is 26.8 Å². The molecule has 46 heavy (non-hydrogen) atoms. The maximum Gasteiger partial charge on any atom is 0.326 e. The van der Waals surface area contributed by atoms with Crippen LogP contribution in [0.25, 0.3) is 0 Å². The van der Waals surface area contributed by atoms with Crippen LogP contribution in [0.3, 0.4) is 0 Å². The van der Waals surface area contributed by atoms with Gasteiger partial charge in [-0.3, -0.25) is 24.0 Å². The lowest BCUT2D eigenvalue weighted by Crippen LogP contribution is -2.50. The lowest BCUT2D eigenvalue weighted by atomic mass is 9.86. The normalized spacial score (nSPS) is 15.3. The monoisotopic (exact) mass is 644 g/mol. The van der Waals surface area contributed by atoms with Crippen molar-refractivity contribution in [3.05, 3.63) is 35.9 Å². The van der Waals surface area contributed by atoms with Crippen LogP contribution in [0.1, 0.15) is 92.6 Å². The van der Waals surface area contributed by atoms with Crippen molar-refractivity contribution in [2.24, 2.45) is 35.3 Å². The minimum Gasteiger partial charge on any atom is -0.480 e. The molecule has 1 rings (SSSR count). The number of ketones is 2. The summed E-state index contributed by atoms with van der Waals surface area (Å²) < 4.78 is 0. The molecular weight excluding hydrogens is 588 g/mol. The van der Waals surface area contributed by atoms with Crippen LogP contribution in [0.15, 0.2) is 30.3 Å². The number of nitrogens with one attached hydrogen (secondary N) is 3. The highest BCUT2D eigenvalue weighted by molar-refractivity contribution is 5.96. The predicted octanol–water partition coefficient (Wildman–Crippen LogP) is 3.43. The van der Waals surface area contributed by atoms with Crippen LogP contribution in [-0.4, -0.2) is 65.0 Å². The van der Waals surface area contributed by atoms with Crippen molar-refractivity contribution in [2.45, 2.75) is 112 Å². The summed E-state index contributed by atoms with van der Waals surface area (Å²) >= 11 is 0. The van der Waals surface area contributed by atoms with E-state index in [1.54, 1.807) is 34.6 Å². The fraction of sp³-hybridized carbons (Fsp3) is 0.657. The Balaban J connectivity index is 3.06. The van der Waals surface area contributed by atoms with Crippen molar-refractivity contribution < 1.29 is 33.9 Å². The second-order valence-corrected chi connectivity index (χ2v) is 13.1. The van der Waals surface area contributed by atoms with E-state index in [1.165, 1.54) is 0 Å². The number of hydrogen-bond acceptors (Lipinski definition) is 7. The van der Waals surface area contributed by atoms with Crippen molar-refractivity contribution in [1.29, 1.82) is 0 Å². The molecule has 0 spiro atoms. The van der Waals surface area contributed by atoms with Crippen molar-refractivity contribution >= 4 is 35.3 Å². The van der Waals surface area contributed by atoms with E-state index in [0.29, 0.717) is 32.2 Å². The van der Waals surface area contributed by atoms with Gasteiger partial charge >= 0.3 is 5.97 Å². The fourth-order valence-corrected chi connectivity index (χ4v) is 5.23. The SMILES string of the molecule is CCC(C)[C@H](NC(=O)Cc1ccccc1)C(=O)C[C@@H](CCCCN)C(=O)N[C@H](C(=O)C[C@@H](C)C(=O)N[C@H](C(=O)O)C(C)C)C(C)C. The molecule has 0 saturated carbocycles. The third-order valence-corrected chi connectivity index (χ3v) is 8.41. The number of benzene rings is 1. The van der Waals surface area contributed by atoms with E-state index in [9.17, 15) is 33.9 Å². The van der Waals surface area contributed by atoms with Crippen molar-refractivity contribution in [3.63, 3.8) is 0 Å². The van der Waals surface area contributed by atoms with E-state index in [1.807, 2.05) is 44.2 Å². The number of carboxylic acids is 1. The minimum atomic E-state index is -1.16. The van der Waals surface area contributed by atoms with Crippen molar-refractivity contribution in [1.82, 2.24) is 16.0 Å². The molecule has 6 N–H and O–H groups in total. The summed E-state index contributed by atoms with van der Waals surface area (Å²) in [5.41, 5.74) is 6.51. The molecule has 0 aliphatic carbocycles. The van der Waals surface area contributed by atoms with Crippen LogP contribution < -0.4 is 21.7 Å². The number of aliphatic carboxylic acids is 1. The van der Waals surface area contributed by atoms with Gasteiger partial charge in [-0.25, -0.2) is 4.79 Å². The molecule has 0 radical (unpaired) electrons. The van der Waals surface area contributed by atoms with Gasteiger partial charge in [0.1, 0.15) is 6.04 Å². The van der Waals surface area contributed by atoms with Gasteiger partial charge in [0.05, 0.1) is 18.5 Å². The van der Waals surface area contributed by atoms with Gasteiger partial charge in [0.25, 0.3) is 0 Å². The number of hydrogen-bond donors (Lipinski definition) is 5. The lowest BCUT2D eigenvalue weighted by Gasteiger charge is -2.28. The van der Waals surface area contributed by atoms with E-state index in [0.717, 1.165) is 5.56 Å². The molecule has 0 bridgehead atoms. The van der Waals surface area contributed by atoms with Crippen LogP contribution in [0, 0.1) is 29.6 Å². The molecule has 258 valence electrons. The van der Waals surface area contributed by atoms with Gasteiger partial charge in [-0.1, -0.05) is 91.6 Å². The number of carbonyl (C=O) groups is 6. The van der Waals surface area contributed by atoms with Crippen LogP contribution >= 0.6 is 0 Å². The summed E-state index contributed by atoms with van der Waals surface area (Å²) in [5, 5.41) is 17.6. The Hall–Kier alpha value is -3.60. The maximum absolute atomic E-state index is 13.7. The zero-order valence-corrected chi connectivity index (χ0v) is 28.6. The zero-order valence-electron chi connectivity index (χ0n) is 28.6. The quantitative estimate of drug-likeness (QED) is 0.119. The van der Waals surface area contributed by atoms with Gasteiger partial charge in [0.2, 0.25) is 17.7 Å². The number of Topliss-reactive ketones (excluding diaryl/α,β-unsaturated/α-hetero) is 2. The first-order valence-electron chi connectivity index (χ1n) is 16.5. The number of carbonyl (C=O) groups excluding carboxylic acids is 5. The topological polar surface area (TPSA) is 185 Å².